The number of benzene rings is 2. The van der Waals surface area contributed by atoms with Crippen molar-refractivity contribution in [3.63, 3.8) is 0 Å². The van der Waals surface area contributed by atoms with Crippen LogP contribution in [0.5, 0.6) is 0 Å². The molecular weight excluding hydrogens is 532 g/mol. The highest BCUT2D eigenvalue weighted by atomic mass is 16.6. The Morgan fingerprint density at radius 3 is 2.14 bits per heavy atom. The summed E-state index contributed by atoms with van der Waals surface area (Å²) >= 11 is 0. The van der Waals surface area contributed by atoms with E-state index in [0.717, 1.165) is 17.5 Å². The summed E-state index contributed by atoms with van der Waals surface area (Å²) in [5.41, 5.74) is 0.261. The normalized spacial score (nSPS) is 19.4. The van der Waals surface area contributed by atoms with Gasteiger partial charge in [0, 0.05) is 19.6 Å². The van der Waals surface area contributed by atoms with E-state index in [0.29, 0.717) is 32.7 Å². The van der Waals surface area contributed by atoms with Gasteiger partial charge in [-0.05, 0) is 70.4 Å². The Morgan fingerprint density at radius 2 is 1.57 bits per heavy atom. The van der Waals surface area contributed by atoms with E-state index in [9.17, 15) is 9.59 Å². The zero-order valence-electron chi connectivity index (χ0n) is 26.6. The van der Waals surface area contributed by atoms with Crippen LogP contribution in [-0.4, -0.2) is 60.8 Å². The molecule has 1 aliphatic heterocycles. The molecule has 2 aromatic rings. The molecule has 0 aromatic heterocycles. The highest BCUT2D eigenvalue weighted by Crippen LogP contribution is 2.38. The van der Waals surface area contributed by atoms with Crippen LogP contribution in [0.15, 0.2) is 60.7 Å². The fourth-order valence-electron chi connectivity index (χ4n) is 5.10. The number of carbonyl (C=O) groups is 2. The van der Waals surface area contributed by atoms with Crippen molar-refractivity contribution in [2.75, 3.05) is 20.3 Å². The van der Waals surface area contributed by atoms with Crippen molar-refractivity contribution in [3.8, 4) is 0 Å². The fourth-order valence-corrected chi connectivity index (χ4v) is 5.10. The van der Waals surface area contributed by atoms with Crippen LogP contribution in [0.25, 0.3) is 0 Å². The molecule has 1 heterocycles. The summed E-state index contributed by atoms with van der Waals surface area (Å²) in [5.74, 6) is -0.451. The van der Waals surface area contributed by atoms with Crippen LogP contribution in [0.1, 0.15) is 72.4 Å². The summed E-state index contributed by atoms with van der Waals surface area (Å²) in [6, 6.07) is 20.0. The lowest BCUT2D eigenvalue weighted by molar-refractivity contribution is -0.127. The minimum absolute atomic E-state index is 0.0781. The minimum atomic E-state index is -0.999. The zero-order chi connectivity index (χ0) is 31.0. The quantitative estimate of drug-likeness (QED) is 0.278. The maximum absolute atomic E-state index is 13.5. The van der Waals surface area contributed by atoms with Crippen LogP contribution in [0.2, 0.25) is 0 Å². The van der Waals surface area contributed by atoms with Gasteiger partial charge in [-0.15, -0.1) is 0 Å². The highest BCUT2D eigenvalue weighted by Gasteiger charge is 2.53. The Labute approximate surface area is 252 Å². The van der Waals surface area contributed by atoms with Gasteiger partial charge < -0.3 is 24.3 Å². The van der Waals surface area contributed by atoms with Gasteiger partial charge in [0.05, 0.1) is 13.2 Å². The molecule has 1 fully saturated rings. The van der Waals surface area contributed by atoms with Crippen molar-refractivity contribution >= 4 is 12.0 Å². The summed E-state index contributed by atoms with van der Waals surface area (Å²) in [7, 11) is 1.64. The van der Waals surface area contributed by atoms with E-state index in [1.54, 1.807) is 11.9 Å². The largest absolute Gasteiger partial charge is 0.444 e. The van der Waals surface area contributed by atoms with E-state index < -0.39 is 29.8 Å². The molecule has 0 saturated carbocycles. The summed E-state index contributed by atoms with van der Waals surface area (Å²) < 4.78 is 24.8. The Kier molecular flexibility index (Phi) is 11.6. The van der Waals surface area contributed by atoms with Crippen LogP contribution >= 0.6 is 0 Å². The van der Waals surface area contributed by atoms with Gasteiger partial charge in [0.2, 0.25) is 5.91 Å². The van der Waals surface area contributed by atoms with Crippen LogP contribution in [0.4, 0.5) is 4.79 Å². The molecule has 3 atom stereocenters. The van der Waals surface area contributed by atoms with E-state index in [1.165, 1.54) is 0 Å². The third-order valence-electron chi connectivity index (χ3n) is 7.32. The van der Waals surface area contributed by atoms with Gasteiger partial charge >= 0.3 is 6.09 Å². The van der Waals surface area contributed by atoms with Gasteiger partial charge in [0.15, 0.2) is 6.23 Å². The topological polar surface area (TPSA) is 86.3 Å². The molecule has 0 spiro atoms. The van der Waals surface area contributed by atoms with Crippen molar-refractivity contribution in [1.29, 1.82) is 0 Å². The van der Waals surface area contributed by atoms with Gasteiger partial charge in [0.1, 0.15) is 17.4 Å². The molecule has 1 saturated heterocycles. The first-order chi connectivity index (χ1) is 19.7. The maximum atomic E-state index is 13.5. The lowest BCUT2D eigenvalue weighted by Gasteiger charge is -2.36. The molecule has 3 rings (SSSR count). The number of hydrogen-bond donors (Lipinski definition) is 1. The first-order valence-corrected chi connectivity index (χ1v) is 14.9. The van der Waals surface area contributed by atoms with Crippen molar-refractivity contribution in [2.24, 2.45) is 11.3 Å². The molecule has 8 heteroatoms. The second-order valence-corrected chi connectivity index (χ2v) is 13.3. The Morgan fingerprint density at radius 1 is 0.976 bits per heavy atom. The lowest BCUT2D eigenvalue weighted by Crippen LogP contribution is -2.52. The van der Waals surface area contributed by atoms with E-state index >= 15 is 0 Å². The van der Waals surface area contributed by atoms with E-state index in [1.807, 2.05) is 95.3 Å². The number of rotatable bonds is 13. The molecular formula is C34H50N2O6. The molecule has 1 N–H and O–H groups in total. The molecule has 232 valence electrons. The molecule has 0 radical (unpaired) electrons. The van der Waals surface area contributed by atoms with Gasteiger partial charge in [-0.2, -0.15) is 0 Å². The lowest BCUT2D eigenvalue weighted by atomic mass is 9.90. The van der Waals surface area contributed by atoms with Crippen molar-refractivity contribution in [1.82, 2.24) is 10.2 Å². The number of nitrogens with zero attached hydrogens (tertiary/aromatic N) is 1. The molecule has 42 heavy (non-hydrogen) atoms. The molecule has 0 unspecified atom stereocenters. The zero-order valence-corrected chi connectivity index (χ0v) is 26.6. The fraction of sp³-hybridized carbons (Fsp3) is 0.588. The number of carbonyl (C=O) groups excluding carboxylic acids is 2. The van der Waals surface area contributed by atoms with Gasteiger partial charge in [-0.3, -0.25) is 9.69 Å². The summed E-state index contributed by atoms with van der Waals surface area (Å²) in [6.45, 7) is 14.9. The SMILES string of the molecule is CNC(=O)[C@H](Cc1ccccc1)C[C@@H]1OC(C)(C)N(C(=O)OC(C)(C)C)[C@H]1OCC(C)(C)CCOCc1ccccc1. The minimum Gasteiger partial charge on any atom is -0.444 e. The van der Waals surface area contributed by atoms with Gasteiger partial charge in [0.25, 0.3) is 0 Å². The van der Waals surface area contributed by atoms with Crippen LogP contribution < -0.4 is 5.32 Å². The third-order valence-corrected chi connectivity index (χ3v) is 7.32. The van der Waals surface area contributed by atoms with Crippen molar-refractivity contribution in [2.45, 2.75) is 98.0 Å². The first kappa shape index (κ1) is 33.6. The monoisotopic (exact) mass is 582 g/mol. The van der Waals surface area contributed by atoms with E-state index in [4.69, 9.17) is 18.9 Å². The molecule has 2 aromatic carbocycles. The first-order valence-electron chi connectivity index (χ1n) is 14.9. The number of nitrogens with one attached hydrogen (secondary N) is 1. The van der Waals surface area contributed by atoms with E-state index in [-0.39, 0.29) is 17.2 Å². The standard InChI is InChI=1S/C34H50N2O6/c1-32(2,3)42-31(38)36-30(40-24-33(4,5)19-20-39-23-26-17-13-10-14-18-26)28(41-34(36,6)7)22-27(29(37)35-8)21-25-15-11-9-12-16-25/h9-18,27-28,30H,19-24H2,1-8H3,(H,35,37)/t27-,28+,30+/m1/s1. The summed E-state index contributed by atoms with van der Waals surface area (Å²) in [4.78, 5) is 28.1. The average molecular weight is 583 g/mol. The Balaban J connectivity index is 1.76. The summed E-state index contributed by atoms with van der Waals surface area (Å²) in [6.07, 6.45) is -0.0928. The van der Waals surface area contributed by atoms with E-state index in [2.05, 4.69) is 19.2 Å². The van der Waals surface area contributed by atoms with Gasteiger partial charge in [-0.1, -0.05) is 74.5 Å². The predicted octanol–water partition coefficient (Wildman–Crippen LogP) is 6.33. The van der Waals surface area contributed by atoms with Crippen molar-refractivity contribution in [3.05, 3.63) is 71.8 Å². The number of hydrogen-bond acceptors (Lipinski definition) is 6. The molecule has 8 nitrogen and oxygen atoms in total. The van der Waals surface area contributed by atoms with Crippen molar-refractivity contribution < 1.29 is 28.5 Å². The predicted molar refractivity (Wildman–Crippen MR) is 164 cm³/mol. The van der Waals surface area contributed by atoms with Crippen LogP contribution in [0, 0.1) is 11.3 Å². The van der Waals surface area contributed by atoms with Crippen LogP contribution in [0.3, 0.4) is 0 Å². The molecule has 0 aliphatic carbocycles. The highest BCUT2D eigenvalue weighted by molar-refractivity contribution is 5.78. The molecule has 2 amide bonds. The Hall–Kier alpha value is -2.94. The van der Waals surface area contributed by atoms with Gasteiger partial charge in [-0.25, -0.2) is 4.79 Å². The second kappa shape index (κ2) is 14.5. The number of amides is 2. The molecule has 1 aliphatic rings. The third kappa shape index (κ3) is 10.1. The maximum Gasteiger partial charge on any atom is 0.414 e. The summed E-state index contributed by atoms with van der Waals surface area (Å²) in [5, 5.41) is 2.80. The number of ether oxygens (including phenoxy) is 4. The molecule has 0 bridgehead atoms. The second-order valence-electron chi connectivity index (χ2n) is 13.3. The van der Waals surface area contributed by atoms with Crippen LogP contribution in [-0.2, 0) is 36.8 Å². The average Bonchev–Trinajstić information content (AvgIpc) is 3.18. The smallest absolute Gasteiger partial charge is 0.414 e. The Bertz CT molecular complexity index is 1130.